The summed E-state index contributed by atoms with van der Waals surface area (Å²) in [4.78, 5) is 15.1. The van der Waals surface area contributed by atoms with Gasteiger partial charge in [-0.05, 0) is 18.9 Å². The maximum atomic E-state index is 11.8. The van der Waals surface area contributed by atoms with Gasteiger partial charge in [-0.25, -0.2) is 0 Å². The molecule has 0 amide bonds. The van der Waals surface area contributed by atoms with Gasteiger partial charge in [0.15, 0.2) is 5.78 Å². The smallest absolute Gasteiger partial charge is 0.165 e. The molecule has 0 aliphatic heterocycles. The first kappa shape index (κ1) is 8.98. The van der Waals surface area contributed by atoms with Gasteiger partial charge in [-0.2, -0.15) is 0 Å². The van der Waals surface area contributed by atoms with E-state index >= 15 is 0 Å². The standard InChI is InChI=1S/C12H10ClNO/c13-8-4-1-3-7-11-9(14-12(7)8)5-2-6-10(11)15/h1,3-4,14H,2,5-6H2. The van der Waals surface area contributed by atoms with E-state index < -0.39 is 0 Å². The average molecular weight is 220 g/mol. The zero-order chi connectivity index (χ0) is 10.4. The Hall–Kier alpha value is -1.28. The van der Waals surface area contributed by atoms with E-state index in [4.69, 9.17) is 11.6 Å². The second kappa shape index (κ2) is 3.11. The molecule has 0 atom stereocenters. The lowest BCUT2D eigenvalue weighted by Gasteiger charge is -2.09. The van der Waals surface area contributed by atoms with Crippen LogP contribution < -0.4 is 0 Å². The maximum Gasteiger partial charge on any atom is 0.165 e. The maximum absolute atomic E-state index is 11.8. The van der Waals surface area contributed by atoms with Crippen LogP contribution in [0.15, 0.2) is 18.2 Å². The van der Waals surface area contributed by atoms with Crippen molar-refractivity contribution < 1.29 is 4.79 Å². The lowest BCUT2D eigenvalue weighted by molar-refractivity contribution is 0.0974. The molecule has 0 radical (unpaired) electrons. The molecule has 1 N–H and O–H groups in total. The largest absolute Gasteiger partial charge is 0.357 e. The zero-order valence-corrected chi connectivity index (χ0v) is 8.90. The Kier molecular flexibility index (Phi) is 1.86. The summed E-state index contributed by atoms with van der Waals surface area (Å²) in [6, 6.07) is 5.69. The number of hydrogen-bond donors (Lipinski definition) is 1. The number of aromatic amines is 1. The third-order valence-corrected chi connectivity index (χ3v) is 3.29. The number of aryl methyl sites for hydroxylation is 1. The predicted molar refractivity (Wildman–Crippen MR) is 60.6 cm³/mol. The van der Waals surface area contributed by atoms with Crippen molar-refractivity contribution >= 4 is 28.3 Å². The van der Waals surface area contributed by atoms with Crippen molar-refractivity contribution in [3.05, 3.63) is 34.5 Å². The van der Waals surface area contributed by atoms with E-state index in [-0.39, 0.29) is 5.78 Å². The quantitative estimate of drug-likeness (QED) is 0.724. The Labute approximate surface area is 92.2 Å². The van der Waals surface area contributed by atoms with Gasteiger partial charge in [0.25, 0.3) is 0 Å². The third kappa shape index (κ3) is 1.21. The van der Waals surface area contributed by atoms with Gasteiger partial charge in [0.1, 0.15) is 0 Å². The van der Waals surface area contributed by atoms with E-state index in [0.29, 0.717) is 11.4 Å². The first-order valence-electron chi connectivity index (χ1n) is 5.09. The summed E-state index contributed by atoms with van der Waals surface area (Å²) in [5.41, 5.74) is 2.81. The number of hydrogen-bond acceptors (Lipinski definition) is 1. The minimum atomic E-state index is 0.241. The molecular weight excluding hydrogens is 210 g/mol. The van der Waals surface area contributed by atoms with Crippen LogP contribution in [0.25, 0.3) is 10.9 Å². The van der Waals surface area contributed by atoms with E-state index in [1.165, 1.54) is 0 Å². The lowest BCUT2D eigenvalue weighted by atomic mass is 9.94. The minimum Gasteiger partial charge on any atom is -0.357 e. The molecule has 0 unspecified atom stereocenters. The Bertz CT molecular complexity index is 556. The third-order valence-electron chi connectivity index (χ3n) is 2.97. The molecule has 1 heterocycles. The Morgan fingerprint density at radius 3 is 3.00 bits per heavy atom. The van der Waals surface area contributed by atoms with Gasteiger partial charge >= 0.3 is 0 Å². The zero-order valence-electron chi connectivity index (χ0n) is 8.14. The molecule has 1 aliphatic carbocycles. The Balaban J connectivity index is 2.41. The van der Waals surface area contributed by atoms with Crippen molar-refractivity contribution in [1.29, 1.82) is 0 Å². The monoisotopic (exact) mass is 219 g/mol. The average Bonchev–Trinajstić information content (AvgIpc) is 2.59. The molecule has 1 aliphatic rings. The number of halogens is 1. The van der Waals surface area contributed by atoms with Gasteiger partial charge in [0, 0.05) is 23.1 Å². The molecular formula is C12H10ClNO. The van der Waals surface area contributed by atoms with Crippen molar-refractivity contribution in [3.8, 4) is 0 Å². The van der Waals surface area contributed by atoms with Crippen LogP contribution in [0.5, 0.6) is 0 Å². The molecule has 3 heteroatoms. The van der Waals surface area contributed by atoms with Crippen molar-refractivity contribution in [3.63, 3.8) is 0 Å². The van der Waals surface area contributed by atoms with E-state index in [1.807, 2.05) is 18.2 Å². The number of carbonyl (C=O) groups excluding carboxylic acids is 1. The fraction of sp³-hybridized carbons (Fsp3) is 0.250. The van der Waals surface area contributed by atoms with E-state index in [9.17, 15) is 4.79 Å². The molecule has 0 saturated carbocycles. The molecule has 2 aromatic rings. The number of Topliss-reactive ketones (excluding diaryl/α,β-unsaturated/α-hetero) is 1. The highest BCUT2D eigenvalue weighted by molar-refractivity contribution is 6.35. The van der Waals surface area contributed by atoms with Crippen LogP contribution in [-0.4, -0.2) is 10.8 Å². The minimum absolute atomic E-state index is 0.241. The summed E-state index contributed by atoms with van der Waals surface area (Å²) < 4.78 is 0. The molecule has 0 bridgehead atoms. The lowest BCUT2D eigenvalue weighted by Crippen LogP contribution is -2.08. The fourth-order valence-corrected chi connectivity index (χ4v) is 2.51. The summed E-state index contributed by atoms with van der Waals surface area (Å²) in [6.07, 6.45) is 2.55. The predicted octanol–water partition coefficient (Wildman–Crippen LogP) is 3.34. The number of carbonyl (C=O) groups is 1. The van der Waals surface area contributed by atoms with E-state index in [0.717, 1.165) is 35.0 Å². The number of rotatable bonds is 0. The number of fused-ring (bicyclic) bond motifs is 3. The van der Waals surface area contributed by atoms with Gasteiger partial charge in [-0.1, -0.05) is 23.7 Å². The molecule has 0 saturated heterocycles. The topological polar surface area (TPSA) is 32.9 Å². The van der Waals surface area contributed by atoms with Crippen LogP contribution in [0.3, 0.4) is 0 Å². The van der Waals surface area contributed by atoms with Gasteiger partial charge < -0.3 is 4.98 Å². The molecule has 1 aromatic carbocycles. The summed E-state index contributed by atoms with van der Waals surface area (Å²) in [6.45, 7) is 0. The van der Waals surface area contributed by atoms with Crippen molar-refractivity contribution in [2.24, 2.45) is 0 Å². The Morgan fingerprint density at radius 2 is 2.13 bits per heavy atom. The molecule has 0 spiro atoms. The second-order valence-corrected chi connectivity index (χ2v) is 4.32. The van der Waals surface area contributed by atoms with Crippen molar-refractivity contribution in [1.82, 2.24) is 4.98 Å². The van der Waals surface area contributed by atoms with Gasteiger partial charge in [-0.3, -0.25) is 4.79 Å². The SMILES string of the molecule is O=C1CCCc2[nH]c3c(Cl)cccc3c21. The summed E-state index contributed by atoms with van der Waals surface area (Å²) >= 11 is 6.08. The van der Waals surface area contributed by atoms with E-state index in [1.54, 1.807) is 0 Å². The molecule has 15 heavy (non-hydrogen) atoms. The van der Waals surface area contributed by atoms with Crippen LogP contribution >= 0.6 is 11.6 Å². The second-order valence-electron chi connectivity index (χ2n) is 3.92. The van der Waals surface area contributed by atoms with E-state index in [2.05, 4.69) is 4.98 Å². The first-order chi connectivity index (χ1) is 7.27. The first-order valence-corrected chi connectivity index (χ1v) is 5.47. The van der Waals surface area contributed by atoms with Crippen LogP contribution in [0.2, 0.25) is 5.02 Å². The normalized spacial score (nSPS) is 15.7. The molecule has 0 fully saturated rings. The van der Waals surface area contributed by atoms with Crippen LogP contribution in [-0.2, 0) is 6.42 Å². The van der Waals surface area contributed by atoms with Gasteiger partial charge in [0.05, 0.1) is 10.5 Å². The van der Waals surface area contributed by atoms with Crippen LogP contribution in [0, 0.1) is 0 Å². The molecule has 76 valence electrons. The number of para-hydroxylation sites is 1. The highest BCUT2D eigenvalue weighted by Crippen LogP contribution is 2.32. The van der Waals surface area contributed by atoms with Crippen molar-refractivity contribution in [2.45, 2.75) is 19.3 Å². The van der Waals surface area contributed by atoms with Gasteiger partial charge in [0.2, 0.25) is 0 Å². The number of aromatic nitrogens is 1. The van der Waals surface area contributed by atoms with Gasteiger partial charge in [-0.15, -0.1) is 0 Å². The number of benzene rings is 1. The highest BCUT2D eigenvalue weighted by Gasteiger charge is 2.22. The molecule has 1 aromatic heterocycles. The van der Waals surface area contributed by atoms with Crippen LogP contribution in [0.1, 0.15) is 28.9 Å². The number of H-pyrrole nitrogens is 1. The van der Waals surface area contributed by atoms with Crippen LogP contribution in [0.4, 0.5) is 0 Å². The fourth-order valence-electron chi connectivity index (χ4n) is 2.29. The summed E-state index contributed by atoms with van der Waals surface area (Å²) in [5, 5.41) is 1.66. The number of nitrogens with one attached hydrogen (secondary N) is 1. The highest BCUT2D eigenvalue weighted by atomic mass is 35.5. The molecule has 2 nitrogen and oxygen atoms in total. The summed E-state index contributed by atoms with van der Waals surface area (Å²) in [5.74, 6) is 0.241. The summed E-state index contributed by atoms with van der Waals surface area (Å²) in [7, 11) is 0. The molecule has 3 rings (SSSR count). The van der Waals surface area contributed by atoms with Crippen molar-refractivity contribution in [2.75, 3.05) is 0 Å². The number of ketones is 1. The Morgan fingerprint density at radius 1 is 1.27 bits per heavy atom.